The Morgan fingerprint density at radius 1 is 1.39 bits per heavy atom. The highest BCUT2D eigenvalue weighted by Gasteiger charge is 2.27. The van der Waals surface area contributed by atoms with Gasteiger partial charge < -0.3 is 21.1 Å². The molecule has 2 rings (SSSR count). The molecule has 2 amide bonds. The van der Waals surface area contributed by atoms with Crippen LogP contribution in [0.2, 0.25) is 5.02 Å². The molecule has 1 aromatic carbocycles. The first-order chi connectivity index (χ1) is 11.0. The van der Waals surface area contributed by atoms with E-state index in [4.69, 9.17) is 22.1 Å². The molecule has 1 saturated carbocycles. The van der Waals surface area contributed by atoms with Crippen LogP contribution in [0.15, 0.2) is 18.2 Å². The minimum atomic E-state index is -0.214. The molecule has 6 nitrogen and oxygen atoms in total. The second-order valence-corrected chi connectivity index (χ2v) is 6.14. The Labute approximate surface area is 140 Å². The summed E-state index contributed by atoms with van der Waals surface area (Å²) < 4.78 is 5.17. The van der Waals surface area contributed by atoms with E-state index >= 15 is 0 Å². The van der Waals surface area contributed by atoms with E-state index in [1.807, 2.05) is 0 Å². The summed E-state index contributed by atoms with van der Waals surface area (Å²) in [6.07, 6.45) is 2.60. The fourth-order valence-corrected chi connectivity index (χ4v) is 2.86. The van der Waals surface area contributed by atoms with Gasteiger partial charge in [-0.1, -0.05) is 11.6 Å². The maximum atomic E-state index is 12.0. The number of carbonyl (C=O) groups excluding carboxylic acids is 2. The van der Waals surface area contributed by atoms with Crippen molar-refractivity contribution in [3.63, 3.8) is 0 Å². The van der Waals surface area contributed by atoms with E-state index in [1.54, 1.807) is 18.2 Å². The van der Waals surface area contributed by atoms with E-state index in [9.17, 15) is 9.59 Å². The summed E-state index contributed by atoms with van der Waals surface area (Å²) in [6, 6.07) is 5.10. The summed E-state index contributed by atoms with van der Waals surface area (Å²) in [7, 11) is 1.52. The molecular weight excluding hydrogens is 318 g/mol. The second-order valence-electron chi connectivity index (χ2n) is 5.70. The maximum Gasteiger partial charge on any atom is 0.226 e. The number of rotatable bonds is 6. The second kappa shape index (κ2) is 8.17. The molecule has 0 aromatic heterocycles. The van der Waals surface area contributed by atoms with Gasteiger partial charge in [0, 0.05) is 29.9 Å². The van der Waals surface area contributed by atoms with Crippen molar-refractivity contribution >= 4 is 29.1 Å². The van der Waals surface area contributed by atoms with Gasteiger partial charge in [-0.25, -0.2) is 0 Å². The topological polar surface area (TPSA) is 93.5 Å². The van der Waals surface area contributed by atoms with Gasteiger partial charge in [-0.05, 0) is 37.5 Å². The van der Waals surface area contributed by atoms with Crippen LogP contribution in [-0.4, -0.2) is 31.5 Å². The van der Waals surface area contributed by atoms with Gasteiger partial charge in [0.2, 0.25) is 11.8 Å². The zero-order chi connectivity index (χ0) is 16.8. The summed E-state index contributed by atoms with van der Waals surface area (Å²) in [5.41, 5.74) is 6.31. The summed E-state index contributed by atoms with van der Waals surface area (Å²) in [6.45, 7) is 0.291. The SMILES string of the molecule is COc1ccc(Cl)cc1NC(=O)CCNC(=O)C1CCC(N)C1. The van der Waals surface area contributed by atoms with Gasteiger partial charge in [0.1, 0.15) is 5.75 Å². The van der Waals surface area contributed by atoms with Crippen molar-refractivity contribution in [1.82, 2.24) is 5.32 Å². The van der Waals surface area contributed by atoms with Gasteiger partial charge in [-0.3, -0.25) is 9.59 Å². The Morgan fingerprint density at radius 2 is 2.17 bits per heavy atom. The van der Waals surface area contributed by atoms with Crippen molar-refractivity contribution in [3.8, 4) is 5.75 Å². The summed E-state index contributed by atoms with van der Waals surface area (Å²) in [4.78, 5) is 23.9. The van der Waals surface area contributed by atoms with Crippen molar-refractivity contribution in [3.05, 3.63) is 23.2 Å². The zero-order valence-electron chi connectivity index (χ0n) is 13.1. The Morgan fingerprint density at radius 3 is 2.83 bits per heavy atom. The normalized spacial score (nSPS) is 20.1. The number of methoxy groups -OCH3 is 1. The Kier molecular flexibility index (Phi) is 6.24. The smallest absolute Gasteiger partial charge is 0.226 e. The number of benzene rings is 1. The van der Waals surface area contributed by atoms with Crippen molar-refractivity contribution < 1.29 is 14.3 Å². The molecule has 1 aliphatic carbocycles. The summed E-state index contributed by atoms with van der Waals surface area (Å²) in [5, 5.41) is 6.03. The number of hydrogen-bond donors (Lipinski definition) is 3. The maximum absolute atomic E-state index is 12.0. The number of ether oxygens (including phenoxy) is 1. The third-order valence-electron chi connectivity index (χ3n) is 3.93. The van der Waals surface area contributed by atoms with Crippen LogP contribution in [0.5, 0.6) is 5.75 Å². The van der Waals surface area contributed by atoms with Crippen LogP contribution < -0.4 is 21.1 Å². The molecule has 1 aromatic rings. The quantitative estimate of drug-likeness (QED) is 0.738. The number of anilines is 1. The summed E-state index contributed by atoms with van der Waals surface area (Å²) >= 11 is 5.91. The van der Waals surface area contributed by atoms with Crippen LogP contribution >= 0.6 is 11.6 Å². The van der Waals surface area contributed by atoms with Crippen LogP contribution in [0.25, 0.3) is 0 Å². The minimum Gasteiger partial charge on any atom is -0.495 e. The van der Waals surface area contributed by atoms with E-state index in [1.165, 1.54) is 7.11 Å². The van der Waals surface area contributed by atoms with Gasteiger partial charge in [0.05, 0.1) is 12.8 Å². The first-order valence-corrected chi connectivity index (χ1v) is 8.04. The number of hydrogen-bond acceptors (Lipinski definition) is 4. The molecule has 0 radical (unpaired) electrons. The number of amides is 2. The molecule has 2 atom stereocenters. The highest BCUT2D eigenvalue weighted by molar-refractivity contribution is 6.31. The van der Waals surface area contributed by atoms with Crippen LogP contribution in [-0.2, 0) is 9.59 Å². The molecule has 0 bridgehead atoms. The molecule has 4 N–H and O–H groups in total. The lowest BCUT2D eigenvalue weighted by Crippen LogP contribution is -2.32. The molecule has 1 fully saturated rings. The lowest BCUT2D eigenvalue weighted by molar-refractivity contribution is -0.124. The van der Waals surface area contributed by atoms with Crippen LogP contribution in [0.1, 0.15) is 25.7 Å². The van der Waals surface area contributed by atoms with E-state index in [-0.39, 0.29) is 30.2 Å². The van der Waals surface area contributed by atoms with Crippen LogP contribution in [0.4, 0.5) is 5.69 Å². The first kappa shape index (κ1) is 17.6. The molecule has 126 valence electrons. The van der Waals surface area contributed by atoms with E-state index in [0.717, 1.165) is 19.3 Å². The van der Waals surface area contributed by atoms with Gasteiger partial charge in [-0.15, -0.1) is 0 Å². The fourth-order valence-electron chi connectivity index (χ4n) is 2.69. The number of carbonyl (C=O) groups is 2. The molecule has 23 heavy (non-hydrogen) atoms. The van der Waals surface area contributed by atoms with Crippen molar-refractivity contribution in [2.45, 2.75) is 31.7 Å². The fraction of sp³-hybridized carbons (Fsp3) is 0.500. The zero-order valence-corrected chi connectivity index (χ0v) is 13.9. The van der Waals surface area contributed by atoms with Crippen LogP contribution in [0, 0.1) is 5.92 Å². The molecule has 0 aliphatic heterocycles. The molecular formula is C16H22ClN3O3. The molecule has 2 unspecified atom stereocenters. The standard InChI is InChI=1S/C16H22ClN3O3/c1-23-14-5-3-11(17)9-13(14)20-15(21)6-7-19-16(22)10-2-4-12(18)8-10/h3,5,9-10,12H,2,4,6-8,18H2,1H3,(H,19,22)(H,20,21). The average molecular weight is 340 g/mol. The first-order valence-electron chi connectivity index (χ1n) is 7.66. The van der Waals surface area contributed by atoms with Crippen molar-refractivity contribution in [2.24, 2.45) is 11.7 Å². The van der Waals surface area contributed by atoms with Gasteiger partial charge in [-0.2, -0.15) is 0 Å². The minimum absolute atomic E-state index is 0.0221. The van der Waals surface area contributed by atoms with E-state index < -0.39 is 0 Å². The van der Waals surface area contributed by atoms with Gasteiger partial charge in [0.15, 0.2) is 0 Å². The van der Waals surface area contributed by atoms with Crippen LogP contribution in [0.3, 0.4) is 0 Å². The monoisotopic (exact) mass is 339 g/mol. The van der Waals surface area contributed by atoms with Gasteiger partial charge >= 0.3 is 0 Å². The lowest BCUT2D eigenvalue weighted by Gasteiger charge is -2.12. The Bertz CT molecular complexity index is 580. The molecule has 0 saturated heterocycles. The molecule has 7 heteroatoms. The van der Waals surface area contributed by atoms with E-state index in [0.29, 0.717) is 23.0 Å². The lowest BCUT2D eigenvalue weighted by atomic mass is 10.1. The third-order valence-corrected chi connectivity index (χ3v) is 4.17. The number of nitrogens with one attached hydrogen (secondary N) is 2. The predicted octanol–water partition coefficient (Wildman–Crippen LogP) is 1.92. The van der Waals surface area contributed by atoms with Crippen molar-refractivity contribution in [1.29, 1.82) is 0 Å². The summed E-state index contributed by atoms with van der Waals surface area (Å²) in [5.74, 6) is 0.271. The number of halogens is 1. The largest absolute Gasteiger partial charge is 0.495 e. The predicted molar refractivity (Wildman–Crippen MR) is 89.6 cm³/mol. The Hall–Kier alpha value is -1.79. The van der Waals surface area contributed by atoms with E-state index in [2.05, 4.69) is 10.6 Å². The van der Waals surface area contributed by atoms with Crippen molar-refractivity contribution in [2.75, 3.05) is 19.0 Å². The highest BCUT2D eigenvalue weighted by Crippen LogP contribution is 2.27. The molecule has 0 spiro atoms. The Balaban J connectivity index is 1.77. The highest BCUT2D eigenvalue weighted by atomic mass is 35.5. The van der Waals surface area contributed by atoms with Gasteiger partial charge in [0.25, 0.3) is 0 Å². The average Bonchev–Trinajstić information content (AvgIpc) is 2.94. The molecule has 1 aliphatic rings. The molecule has 0 heterocycles. The number of nitrogens with two attached hydrogens (primary N) is 1. The third kappa shape index (κ3) is 5.11.